The number of sulfonamides is 1. The number of anilines is 1. The van der Waals surface area contributed by atoms with Crippen molar-refractivity contribution in [3.05, 3.63) is 29.8 Å². The van der Waals surface area contributed by atoms with Crippen LogP contribution >= 0.6 is 15.9 Å². The highest BCUT2D eigenvalue weighted by Gasteiger charge is 2.14. The predicted octanol–water partition coefficient (Wildman–Crippen LogP) is 1.95. The van der Waals surface area contributed by atoms with E-state index < -0.39 is 22.0 Å². The zero-order valence-corrected chi connectivity index (χ0v) is 14.6. The smallest absolute Gasteiger partial charge is 0.320 e. The first-order valence-electron chi connectivity index (χ1n) is 6.98. The van der Waals surface area contributed by atoms with Gasteiger partial charge in [-0.05, 0) is 37.0 Å². The molecule has 1 aromatic carbocycles. The third-order valence-corrected chi connectivity index (χ3v) is 4.95. The van der Waals surface area contributed by atoms with Crippen LogP contribution in [0.15, 0.2) is 24.3 Å². The van der Waals surface area contributed by atoms with Gasteiger partial charge in [0.05, 0.1) is 5.75 Å². The van der Waals surface area contributed by atoms with Crippen molar-refractivity contribution in [2.45, 2.75) is 31.7 Å². The first-order chi connectivity index (χ1) is 10.3. The average molecular weight is 393 g/mol. The van der Waals surface area contributed by atoms with Gasteiger partial charge in [-0.3, -0.25) is 9.52 Å². The van der Waals surface area contributed by atoms with E-state index in [4.69, 9.17) is 10.8 Å². The maximum Gasteiger partial charge on any atom is 0.320 e. The molecule has 1 aromatic rings. The van der Waals surface area contributed by atoms with Crippen LogP contribution in [0.2, 0.25) is 0 Å². The Balaban J connectivity index is 2.63. The van der Waals surface area contributed by atoms with Gasteiger partial charge < -0.3 is 10.8 Å². The van der Waals surface area contributed by atoms with Crippen LogP contribution < -0.4 is 10.5 Å². The van der Waals surface area contributed by atoms with Crippen LogP contribution in [-0.2, 0) is 21.2 Å². The molecule has 22 heavy (non-hydrogen) atoms. The Bertz CT molecular complexity index is 592. The molecule has 0 fully saturated rings. The summed E-state index contributed by atoms with van der Waals surface area (Å²) < 4.78 is 26.4. The lowest BCUT2D eigenvalue weighted by molar-refractivity contribution is -0.138. The molecule has 0 aliphatic carbocycles. The van der Waals surface area contributed by atoms with E-state index >= 15 is 0 Å². The Morgan fingerprint density at radius 3 is 2.68 bits per heavy atom. The molecule has 124 valence electrons. The minimum Gasteiger partial charge on any atom is -0.480 e. The predicted molar refractivity (Wildman–Crippen MR) is 90.8 cm³/mol. The number of nitrogens with one attached hydrogen (secondary N) is 1. The summed E-state index contributed by atoms with van der Waals surface area (Å²) >= 11 is 3.30. The number of rotatable bonds is 10. The first-order valence-corrected chi connectivity index (χ1v) is 9.75. The molecule has 6 nitrogen and oxygen atoms in total. The second-order valence-electron chi connectivity index (χ2n) is 5.02. The summed E-state index contributed by atoms with van der Waals surface area (Å²) in [6.45, 7) is 0. The fourth-order valence-corrected chi connectivity index (χ4v) is 3.47. The van der Waals surface area contributed by atoms with Gasteiger partial charge in [0.25, 0.3) is 0 Å². The monoisotopic (exact) mass is 392 g/mol. The molecule has 1 atom stereocenters. The Morgan fingerprint density at radius 2 is 2.05 bits per heavy atom. The number of hydrogen-bond donors (Lipinski definition) is 3. The standard InChI is InChI=1S/C14H21BrN2O4S/c15-7-2-1-3-8-22(20,21)17-12-6-4-5-11(9-12)10-13(16)14(18)19/h4-6,9,13,17H,1-3,7-8,10,16H2,(H,18,19). The summed E-state index contributed by atoms with van der Waals surface area (Å²) in [5.74, 6) is -1.02. The third kappa shape index (κ3) is 7.24. The van der Waals surface area contributed by atoms with E-state index in [2.05, 4.69) is 20.7 Å². The number of unbranched alkanes of at least 4 members (excludes halogenated alkanes) is 2. The van der Waals surface area contributed by atoms with Gasteiger partial charge in [-0.2, -0.15) is 0 Å². The molecular weight excluding hydrogens is 372 g/mol. The molecule has 0 aromatic heterocycles. The second-order valence-corrected chi connectivity index (χ2v) is 7.65. The fourth-order valence-electron chi connectivity index (χ4n) is 1.90. The van der Waals surface area contributed by atoms with Gasteiger partial charge in [0.2, 0.25) is 10.0 Å². The summed E-state index contributed by atoms with van der Waals surface area (Å²) in [6.07, 6.45) is 2.54. The van der Waals surface area contributed by atoms with Crippen LogP contribution in [0, 0.1) is 0 Å². The van der Waals surface area contributed by atoms with E-state index in [1.165, 1.54) is 0 Å². The number of carboxylic acids is 1. The minimum absolute atomic E-state index is 0.0683. The van der Waals surface area contributed by atoms with Crippen LogP contribution in [0.4, 0.5) is 5.69 Å². The number of benzene rings is 1. The van der Waals surface area contributed by atoms with Gasteiger partial charge >= 0.3 is 5.97 Å². The summed E-state index contributed by atoms with van der Waals surface area (Å²) in [6, 6.07) is 5.63. The van der Waals surface area contributed by atoms with Crippen LogP contribution in [0.1, 0.15) is 24.8 Å². The van der Waals surface area contributed by atoms with Crippen LogP contribution in [0.25, 0.3) is 0 Å². The largest absolute Gasteiger partial charge is 0.480 e. The number of nitrogens with two attached hydrogens (primary N) is 1. The molecule has 0 bridgehead atoms. The summed E-state index contributed by atoms with van der Waals surface area (Å²) in [5.41, 5.74) is 6.58. The quantitative estimate of drug-likeness (QED) is 0.416. The third-order valence-electron chi connectivity index (χ3n) is 3.02. The van der Waals surface area contributed by atoms with Gasteiger partial charge in [-0.15, -0.1) is 0 Å². The van der Waals surface area contributed by atoms with E-state index in [9.17, 15) is 13.2 Å². The van der Waals surface area contributed by atoms with Gasteiger partial charge in [-0.25, -0.2) is 8.42 Å². The Kier molecular flexibility index (Phi) is 7.84. The lowest BCUT2D eigenvalue weighted by Gasteiger charge is -2.11. The van der Waals surface area contributed by atoms with Crippen LogP contribution in [0.3, 0.4) is 0 Å². The normalized spacial score (nSPS) is 12.8. The minimum atomic E-state index is -3.39. The number of alkyl halides is 1. The molecule has 0 heterocycles. The molecule has 0 aliphatic heterocycles. The van der Waals surface area contributed by atoms with Crippen molar-refractivity contribution in [1.82, 2.24) is 0 Å². The van der Waals surface area contributed by atoms with Crippen molar-refractivity contribution in [3.63, 3.8) is 0 Å². The lowest BCUT2D eigenvalue weighted by Crippen LogP contribution is -2.32. The van der Waals surface area contributed by atoms with E-state index in [0.717, 1.165) is 18.2 Å². The van der Waals surface area contributed by atoms with Gasteiger partial charge in [-0.1, -0.05) is 34.5 Å². The number of halogens is 1. The molecule has 8 heteroatoms. The van der Waals surface area contributed by atoms with Crippen LogP contribution in [0.5, 0.6) is 0 Å². The maximum absolute atomic E-state index is 12.0. The molecule has 0 saturated carbocycles. The molecular formula is C14H21BrN2O4S. The molecule has 0 saturated heterocycles. The van der Waals surface area contributed by atoms with E-state index in [1.54, 1.807) is 24.3 Å². The van der Waals surface area contributed by atoms with Gasteiger partial charge in [0, 0.05) is 11.0 Å². The zero-order valence-electron chi connectivity index (χ0n) is 12.2. The fraction of sp³-hybridized carbons (Fsp3) is 0.500. The SMILES string of the molecule is NC(Cc1cccc(NS(=O)(=O)CCCCCBr)c1)C(=O)O. The summed E-state index contributed by atoms with van der Waals surface area (Å²) in [4.78, 5) is 10.7. The lowest BCUT2D eigenvalue weighted by atomic mass is 10.1. The van der Waals surface area contributed by atoms with Gasteiger partial charge in [0.1, 0.15) is 6.04 Å². The topological polar surface area (TPSA) is 109 Å². The average Bonchev–Trinajstić information content (AvgIpc) is 2.43. The first kappa shape index (κ1) is 18.9. The van der Waals surface area contributed by atoms with E-state index in [1.807, 2.05) is 0 Å². The highest BCUT2D eigenvalue weighted by atomic mass is 79.9. The molecule has 1 unspecified atom stereocenters. The molecule has 0 aliphatic rings. The highest BCUT2D eigenvalue weighted by molar-refractivity contribution is 9.09. The number of carboxylic acid groups (broad SMARTS) is 1. The Hall–Kier alpha value is -1.12. The molecule has 1 rings (SSSR count). The number of aliphatic carboxylic acids is 1. The summed E-state index contributed by atoms with van der Waals surface area (Å²) in [7, 11) is -3.39. The molecule has 0 radical (unpaired) electrons. The summed E-state index contributed by atoms with van der Waals surface area (Å²) in [5, 5.41) is 9.67. The Labute approximate surface area is 139 Å². The Morgan fingerprint density at radius 1 is 1.32 bits per heavy atom. The molecule has 0 spiro atoms. The van der Waals surface area contributed by atoms with Crippen molar-refractivity contribution < 1.29 is 18.3 Å². The van der Waals surface area contributed by atoms with Crippen molar-refractivity contribution >= 4 is 37.6 Å². The highest BCUT2D eigenvalue weighted by Crippen LogP contribution is 2.14. The van der Waals surface area contributed by atoms with E-state index in [-0.39, 0.29) is 12.2 Å². The van der Waals surface area contributed by atoms with Crippen molar-refractivity contribution in [1.29, 1.82) is 0 Å². The van der Waals surface area contributed by atoms with Crippen molar-refractivity contribution in [2.75, 3.05) is 15.8 Å². The van der Waals surface area contributed by atoms with Crippen LogP contribution in [-0.4, -0.2) is 36.6 Å². The van der Waals surface area contributed by atoms with Gasteiger partial charge in [0.15, 0.2) is 0 Å². The number of carbonyl (C=O) groups is 1. The second kappa shape index (κ2) is 9.12. The maximum atomic E-state index is 12.0. The molecule has 0 amide bonds. The van der Waals surface area contributed by atoms with E-state index in [0.29, 0.717) is 17.7 Å². The zero-order chi connectivity index (χ0) is 16.6. The van der Waals surface area contributed by atoms with Crippen molar-refractivity contribution in [2.24, 2.45) is 5.73 Å². The number of hydrogen-bond acceptors (Lipinski definition) is 4. The molecule has 4 N–H and O–H groups in total. The van der Waals surface area contributed by atoms with Crippen molar-refractivity contribution in [3.8, 4) is 0 Å².